The molecule has 0 fully saturated rings. The number of hydrogen-bond acceptors (Lipinski definition) is 7. The van der Waals surface area contributed by atoms with E-state index >= 15 is 0 Å². The SMILES string of the molecule is COc1ccc(C(=O)OCc2noc(-c3ccsc3)n2)c(F)c1. The first-order valence-corrected chi connectivity index (χ1v) is 7.47. The molecule has 0 radical (unpaired) electrons. The Labute approximate surface area is 134 Å². The molecule has 0 bridgehead atoms. The Morgan fingerprint density at radius 3 is 2.96 bits per heavy atom. The van der Waals surface area contributed by atoms with Crippen LogP contribution in [0.2, 0.25) is 0 Å². The van der Waals surface area contributed by atoms with Crippen molar-refractivity contribution in [2.45, 2.75) is 6.61 Å². The van der Waals surface area contributed by atoms with Gasteiger partial charge in [0.1, 0.15) is 11.6 Å². The normalized spacial score (nSPS) is 10.5. The fourth-order valence-corrected chi connectivity index (χ4v) is 2.44. The van der Waals surface area contributed by atoms with E-state index in [2.05, 4.69) is 10.1 Å². The largest absolute Gasteiger partial charge is 0.497 e. The molecule has 2 aromatic heterocycles. The molecule has 0 aliphatic rings. The molecular formula is C15H11FN2O4S. The molecule has 118 valence electrons. The third-order valence-corrected chi connectivity index (χ3v) is 3.65. The van der Waals surface area contributed by atoms with Crippen molar-refractivity contribution in [1.29, 1.82) is 0 Å². The smallest absolute Gasteiger partial charge is 0.341 e. The summed E-state index contributed by atoms with van der Waals surface area (Å²) < 4.78 is 28.7. The van der Waals surface area contributed by atoms with Gasteiger partial charge in [-0.25, -0.2) is 9.18 Å². The molecular weight excluding hydrogens is 323 g/mol. The van der Waals surface area contributed by atoms with E-state index in [1.807, 2.05) is 16.8 Å². The molecule has 0 spiro atoms. The Kier molecular flexibility index (Phi) is 4.33. The molecule has 0 N–H and O–H groups in total. The Bertz CT molecular complexity index is 817. The van der Waals surface area contributed by atoms with E-state index in [1.165, 1.54) is 30.6 Å². The summed E-state index contributed by atoms with van der Waals surface area (Å²) in [4.78, 5) is 16.0. The molecule has 3 aromatic rings. The summed E-state index contributed by atoms with van der Waals surface area (Å²) in [5.74, 6) is -0.674. The van der Waals surface area contributed by atoms with Crippen molar-refractivity contribution >= 4 is 17.3 Å². The predicted molar refractivity (Wildman–Crippen MR) is 79.7 cm³/mol. The van der Waals surface area contributed by atoms with Crippen molar-refractivity contribution in [3.8, 4) is 17.2 Å². The van der Waals surface area contributed by atoms with Crippen LogP contribution in [-0.4, -0.2) is 23.2 Å². The minimum Gasteiger partial charge on any atom is -0.497 e. The molecule has 8 heteroatoms. The number of benzene rings is 1. The van der Waals surface area contributed by atoms with Gasteiger partial charge in [-0.1, -0.05) is 5.16 Å². The van der Waals surface area contributed by atoms with E-state index in [9.17, 15) is 9.18 Å². The molecule has 0 saturated carbocycles. The lowest BCUT2D eigenvalue weighted by molar-refractivity contribution is 0.0454. The maximum Gasteiger partial charge on any atom is 0.341 e. The highest BCUT2D eigenvalue weighted by atomic mass is 32.1. The summed E-state index contributed by atoms with van der Waals surface area (Å²) in [7, 11) is 1.41. The Hall–Kier alpha value is -2.74. The minimum atomic E-state index is -0.813. The molecule has 2 heterocycles. The molecule has 0 unspecified atom stereocenters. The molecule has 0 aliphatic heterocycles. The molecule has 0 saturated heterocycles. The number of rotatable bonds is 5. The van der Waals surface area contributed by atoms with Crippen LogP contribution in [0.3, 0.4) is 0 Å². The van der Waals surface area contributed by atoms with E-state index in [4.69, 9.17) is 14.0 Å². The van der Waals surface area contributed by atoms with Crippen molar-refractivity contribution in [2.75, 3.05) is 7.11 Å². The van der Waals surface area contributed by atoms with Crippen LogP contribution >= 0.6 is 11.3 Å². The van der Waals surface area contributed by atoms with Gasteiger partial charge in [-0.3, -0.25) is 0 Å². The zero-order valence-corrected chi connectivity index (χ0v) is 12.8. The van der Waals surface area contributed by atoms with Crippen molar-refractivity contribution in [2.24, 2.45) is 0 Å². The second kappa shape index (κ2) is 6.57. The lowest BCUT2D eigenvalue weighted by atomic mass is 10.2. The summed E-state index contributed by atoms with van der Waals surface area (Å²) in [5, 5.41) is 7.45. The average molecular weight is 334 g/mol. The Balaban J connectivity index is 1.65. The van der Waals surface area contributed by atoms with E-state index in [1.54, 1.807) is 0 Å². The molecule has 0 atom stereocenters. The van der Waals surface area contributed by atoms with Crippen molar-refractivity contribution in [3.05, 3.63) is 52.2 Å². The number of halogens is 1. The fraction of sp³-hybridized carbons (Fsp3) is 0.133. The lowest BCUT2D eigenvalue weighted by Gasteiger charge is -2.05. The van der Waals surface area contributed by atoms with Crippen LogP contribution in [0.25, 0.3) is 11.5 Å². The van der Waals surface area contributed by atoms with Gasteiger partial charge in [-0.05, 0) is 23.6 Å². The highest BCUT2D eigenvalue weighted by Gasteiger charge is 2.16. The number of carbonyl (C=O) groups excluding carboxylic acids is 1. The van der Waals surface area contributed by atoms with Gasteiger partial charge in [0, 0.05) is 11.4 Å². The number of carbonyl (C=O) groups is 1. The lowest BCUT2D eigenvalue weighted by Crippen LogP contribution is -2.08. The van der Waals surface area contributed by atoms with Crippen LogP contribution in [0.5, 0.6) is 5.75 Å². The van der Waals surface area contributed by atoms with Gasteiger partial charge < -0.3 is 14.0 Å². The van der Waals surface area contributed by atoms with Crippen LogP contribution in [0.15, 0.2) is 39.5 Å². The molecule has 6 nitrogen and oxygen atoms in total. The topological polar surface area (TPSA) is 74.5 Å². The average Bonchev–Trinajstić information content (AvgIpc) is 3.23. The fourth-order valence-electron chi connectivity index (χ4n) is 1.81. The van der Waals surface area contributed by atoms with Gasteiger partial charge >= 0.3 is 5.97 Å². The first-order chi connectivity index (χ1) is 11.2. The second-order valence-electron chi connectivity index (χ2n) is 4.45. The number of aromatic nitrogens is 2. The van der Waals surface area contributed by atoms with Gasteiger partial charge in [0.15, 0.2) is 6.61 Å². The van der Waals surface area contributed by atoms with Gasteiger partial charge in [-0.15, -0.1) is 0 Å². The van der Waals surface area contributed by atoms with E-state index in [0.717, 1.165) is 11.6 Å². The van der Waals surface area contributed by atoms with Gasteiger partial charge in [0.25, 0.3) is 5.89 Å². The van der Waals surface area contributed by atoms with Crippen LogP contribution in [0, 0.1) is 5.82 Å². The van der Waals surface area contributed by atoms with Crippen molar-refractivity contribution in [1.82, 2.24) is 10.1 Å². The molecule has 0 aliphatic carbocycles. The first-order valence-electron chi connectivity index (χ1n) is 6.53. The highest BCUT2D eigenvalue weighted by Crippen LogP contribution is 2.20. The number of hydrogen-bond donors (Lipinski definition) is 0. The van der Waals surface area contributed by atoms with Crippen molar-refractivity contribution in [3.63, 3.8) is 0 Å². The summed E-state index contributed by atoms with van der Waals surface area (Å²) in [5.41, 5.74) is 0.605. The quantitative estimate of drug-likeness (QED) is 0.667. The zero-order chi connectivity index (χ0) is 16.2. The summed E-state index contributed by atoms with van der Waals surface area (Å²) in [6, 6.07) is 5.71. The number of methoxy groups -OCH3 is 1. The monoisotopic (exact) mass is 334 g/mol. The number of thiophene rings is 1. The van der Waals surface area contributed by atoms with E-state index in [-0.39, 0.29) is 18.0 Å². The van der Waals surface area contributed by atoms with Gasteiger partial charge in [-0.2, -0.15) is 16.3 Å². The van der Waals surface area contributed by atoms with Crippen molar-refractivity contribution < 1.29 is 23.2 Å². The van der Waals surface area contributed by atoms with Crippen LogP contribution in [0.1, 0.15) is 16.2 Å². The third-order valence-electron chi connectivity index (χ3n) is 2.96. The van der Waals surface area contributed by atoms with E-state index in [0.29, 0.717) is 11.6 Å². The first kappa shape index (κ1) is 15.2. The van der Waals surface area contributed by atoms with Crippen LogP contribution < -0.4 is 4.74 Å². The molecule has 0 amide bonds. The molecule has 1 aromatic carbocycles. The number of nitrogens with zero attached hydrogens (tertiary/aromatic N) is 2. The van der Waals surface area contributed by atoms with Crippen LogP contribution in [0.4, 0.5) is 4.39 Å². The number of ether oxygens (including phenoxy) is 2. The maximum atomic E-state index is 13.8. The third kappa shape index (κ3) is 3.37. The number of esters is 1. The van der Waals surface area contributed by atoms with E-state index < -0.39 is 11.8 Å². The summed E-state index contributed by atoms with van der Waals surface area (Å²) in [6.45, 7) is -0.210. The van der Waals surface area contributed by atoms with Gasteiger partial charge in [0.05, 0.1) is 18.2 Å². The maximum absolute atomic E-state index is 13.8. The molecule has 23 heavy (non-hydrogen) atoms. The Morgan fingerprint density at radius 1 is 1.39 bits per heavy atom. The predicted octanol–water partition coefficient (Wildman–Crippen LogP) is 3.30. The zero-order valence-electron chi connectivity index (χ0n) is 12.0. The van der Waals surface area contributed by atoms with Gasteiger partial charge in [0.2, 0.25) is 5.82 Å². The minimum absolute atomic E-state index is 0.188. The second-order valence-corrected chi connectivity index (χ2v) is 5.23. The Morgan fingerprint density at radius 2 is 2.26 bits per heavy atom. The summed E-state index contributed by atoms with van der Waals surface area (Å²) in [6.07, 6.45) is 0. The standard InChI is InChI=1S/C15H11FN2O4S/c1-20-10-2-3-11(12(16)6-10)15(19)21-7-13-17-14(22-18-13)9-4-5-23-8-9/h2-6,8H,7H2,1H3. The van der Waals surface area contributed by atoms with Crippen LogP contribution in [-0.2, 0) is 11.3 Å². The summed E-state index contributed by atoms with van der Waals surface area (Å²) >= 11 is 1.50. The molecule has 3 rings (SSSR count). The highest BCUT2D eigenvalue weighted by molar-refractivity contribution is 7.08.